The highest BCUT2D eigenvalue weighted by atomic mass is 16.6. The highest BCUT2D eigenvalue weighted by molar-refractivity contribution is 5.95. The topological polar surface area (TPSA) is 85.2 Å². The van der Waals surface area contributed by atoms with Crippen molar-refractivity contribution in [3.05, 3.63) is 11.4 Å². The van der Waals surface area contributed by atoms with E-state index >= 15 is 0 Å². The number of carbonyl (C=O) groups is 1. The van der Waals surface area contributed by atoms with Crippen LogP contribution < -0.4 is 5.73 Å². The predicted octanol–water partition coefficient (Wildman–Crippen LogP) is -1.02. The Labute approximate surface area is 68.3 Å². The van der Waals surface area contributed by atoms with Gasteiger partial charge in [0.25, 0.3) is 5.91 Å². The molecular weight excluding hydrogens is 160 g/mol. The number of carbonyl (C=O) groups excluding carboxylic acids is 1. The van der Waals surface area contributed by atoms with Crippen LogP contribution in [-0.2, 0) is 6.54 Å². The number of hydrogen-bond donors (Lipinski definition) is 1. The Balaban J connectivity index is 2.21. The van der Waals surface area contributed by atoms with Crippen LogP contribution in [0.2, 0.25) is 0 Å². The number of rotatable bonds is 2. The minimum Gasteiger partial charge on any atom is -0.330 e. The highest BCUT2D eigenvalue weighted by Gasteiger charge is 2.31. The largest absolute Gasteiger partial charge is 0.330 e. The fraction of sp³-hybridized carbons (Fsp3) is 0.500. The molecule has 0 radical (unpaired) electrons. The zero-order chi connectivity index (χ0) is 8.55. The zero-order valence-corrected chi connectivity index (χ0v) is 6.36. The molecular formula is C6H8N4O2. The lowest BCUT2D eigenvalue weighted by molar-refractivity contribution is 0.0763. The first-order valence-corrected chi connectivity index (χ1v) is 3.63. The van der Waals surface area contributed by atoms with E-state index in [9.17, 15) is 4.79 Å². The van der Waals surface area contributed by atoms with Crippen molar-refractivity contribution in [1.82, 2.24) is 15.2 Å². The summed E-state index contributed by atoms with van der Waals surface area (Å²) in [6, 6.07) is 0. The van der Waals surface area contributed by atoms with Gasteiger partial charge in [0, 0.05) is 13.1 Å². The second-order valence-electron chi connectivity index (χ2n) is 2.57. The second-order valence-corrected chi connectivity index (χ2v) is 2.57. The van der Waals surface area contributed by atoms with Gasteiger partial charge in [-0.15, -0.1) is 0 Å². The molecule has 6 nitrogen and oxygen atoms in total. The number of aromatic nitrogens is 2. The average molecular weight is 168 g/mol. The molecule has 0 saturated carbocycles. The van der Waals surface area contributed by atoms with Crippen LogP contribution in [0.4, 0.5) is 0 Å². The lowest BCUT2D eigenvalue weighted by atomic mass is 10.4. The Morgan fingerprint density at radius 1 is 1.58 bits per heavy atom. The minimum atomic E-state index is -0.142. The van der Waals surface area contributed by atoms with E-state index in [1.165, 1.54) is 0 Å². The number of amides is 1. The molecule has 0 saturated heterocycles. The number of nitrogens with zero attached hydrogens (tertiary/aromatic N) is 3. The van der Waals surface area contributed by atoms with E-state index in [4.69, 9.17) is 5.73 Å². The summed E-state index contributed by atoms with van der Waals surface area (Å²) in [7, 11) is 0. The van der Waals surface area contributed by atoms with Crippen molar-refractivity contribution in [2.45, 2.75) is 6.54 Å². The third-order valence-electron chi connectivity index (χ3n) is 1.79. The quantitative estimate of drug-likeness (QED) is 0.611. The predicted molar refractivity (Wildman–Crippen MR) is 38.1 cm³/mol. The van der Waals surface area contributed by atoms with Crippen molar-refractivity contribution < 1.29 is 9.42 Å². The summed E-state index contributed by atoms with van der Waals surface area (Å²) in [6.45, 7) is 1.46. The van der Waals surface area contributed by atoms with Crippen molar-refractivity contribution >= 4 is 5.91 Å². The Kier molecular flexibility index (Phi) is 1.54. The van der Waals surface area contributed by atoms with Crippen LogP contribution in [0.25, 0.3) is 0 Å². The lowest BCUT2D eigenvalue weighted by Crippen LogP contribution is -2.30. The first kappa shape index (κ1) is 7.23. The minimum absolute atomic E-state index is 0.142. The van der Waals surface area contributed by atoms with Crippen molar-refractivity contribution in [2.24, 2.45) is 5.73 Å². The molecule has 12 heavy (non-hydrogen) atoms. The zero-order valence-electron chi connectivity index (χ0n) is 6.36. The van der Waals surface area contributed by atoms with Gasteiger partial charge in [0.05, 0.1) is 6.54 Å². The first-order valence-electron chi connectivity index (χ1n) is 3.63. The normalized spacial score (nSPS) is 15.4. The van der Waals surface area contributed by atoms with Crippen molar-refractivity contribution in [3.8, 4) is 0 Å². The van der Waals surface area contributed by atoms with Crippen LogP contribution in [0.15, 0.2) is 4.63 Å². The maximum absolute atomic E-state index is 11.4. The van der Waals surface area contributed by atoms with Gasteiger partial charge < -0.3 is 10.6 Å². The van der Waals surface area contributed by atoms with E-state index in [2.05, 4.69) is 14.9 Å². The number of hydrogen-bond acceptors (Lipinski definition) is 5. The molecule has 1 aromatic heterocycles. The molecule has 2 heterocycles. The Morgan fingerprint density at radius 3 is 3.08 bits per heavy atom. The van der Waals surface area contributed by atoms with Crippen molar-refractivity contribution in [3.63, 3.8) is 0 Å². The van der Waals surface area contributed by atoms with Gasteiger partial charge in [-0.3, -0.25) is 4.79 Å². The van der Waals surface area contributed by atoms with E-state index in [1.54, 1.807) is 4.90 Å². The van der Waals surface area contributed by atoms with Crippen molar-refractivity contribution in [2.75, 3.05) is 13.1 Å². The maximum Gasteiger partial charge on any atom is 0.278 e. The summed E-state index contributed by atoms with van der Waals surface area (Å²) in [5.41, 5.74) is 6.24. The van der Waals surface area contributed by atoms with E-state index < -0.39 is 0 Å². The van der Waals surface area contributed by atoms with Crippen LogP contribution in [0.1, 0.15) is 16.2 Å². The van der Waals surface area contributed by atoms with E-state index in [0.717, 1.165) is 0 Å². The molecule has 1 aliphatic rings. The van der Waals surface area contributed by atoms with Crippen LogP contribution in [0, 0.1) is 0 Å². The maximum atomic E-state index is 11.4. The van der Waals surface area contributed by atoms with E-state index in [0.29, 0.717) is 31.0 Å². The Bertz CT molecular complexity index is 308. The van der Waals surface area contributed by atoms with Crippen molar-refractivity contribution in [1.29, 1.82) is 0 Å². The monoisotopic (exact) mass is 168 g/mol. The summed E-state index contributed by atoms with van der Waals surface area (Å²) < 4.78 is 4.41. The van der Waals surface area contributed by atoms with Gasteiger partial charge in [-0.1, -0.05) is 5.16 Å². The first-order chi connectivity index (χ1) is 5.83. The molecule has 1 aromatic rings. The summed E-state index contributed by atoms with van der Waals surface area (Å²) in [6.07, 6.45) is 0. The van der Waals surface area contributed by atoms with Crippen LogP contribution in [-0.4, -0.2) is 34.2 Å². The van der Waals surface area contributed by atoms with Gasteiger partial charge in [-0.05, 0) is 5.16 Å². The fourth-order valence-corrected chi connectivity index (χ4v) is 1.21. The van der Waals surface area contributed by atoms with Gasteiger partial charge in [-0.25, -0.2) is 4.63 Å². The Morgan fingerprint density at radius 2 is 2.42 bits per heavy atom. The molecule has 0 fully saturated rings. The average Bonchev–Trinajstić information content (AvgIpc) is 2.58. The van der Waals surface area contributed by atoms with Crippen LogP contribution >= 0.6 is 0 Å². The van der Waals surface area contributed by atoms with Gasteiger partial charge >= 0.3 is 0 Å². The molecule has 1 amide bonds. The summed E-state index contributed by atoms with van der Waals surface area (Å²) in [5, 5.41) is 7.08. The molecule has 64 valence electrons. The standard InChI is InChI=1S/C6H8N4O2/c7-1-2-10-3-4-5(6(10)11)9-12-8-4/h1-3,7H2. The fourth-order valence-electron chi connectivity index (χ4n) is 1.21. The molecule has 2 N–H and O–H groups in total. The lowest BCUT2D eigenvalue weighted by Gasteiger charge is -2.12. The van der Waals surface area contributed by atoms with Gasteiger partial charge in [0.2, 0.25) is 0 Å². The molecule has 2 rings (SSSR count). The molecule has 0 aliphatic carbocycles. The molecule has 0 aromatic carbocycles. The van der Waals surface area contributed by atoms with Gasteiger partial charge in [0.1, 0.15) is 5.69 Å². The summed E-state index contributed by atoms with van der Waals surface area (Å²) in [5.74, 6) is -0.142. The van der Waals surface area contributed by atoms with Crippen LogP contribution in [0.3, 0.4) is 0 Å². The Hall–Kier alpha value is -1.43. The third kappa shape index (κ3) is 0.884. The molecule has 0 spiro atoms. The molecule has 0 unspecified atom stereocenters. The summed E-state index contributed by atoms with van der Waals surface area (Å²) >= 11 is 0. The molecule has 6 heteroatoms. The molecule has 0 atom stereocenters. The van der Waals surface area contributed by atoms with E-state index in [1.807, 2.05) is 0 Å². The number of nitrogens with two attached hydrogens (primary N) is 1. The molecule has 0 bridgehead atoms. The van der Waals surface area contributed by atoms with Crippen LogP contribution in [0.5, 0.6) is 0 Å². The molecule has 1 aliphatic heterocycles. The smallest absolute Gasteiger partial charge is 0.278 e. The SMILES string of the molecule is NCCN1Cc2nonc2C1=O. The van der Waals surface area contributed by atoms with Gasteiger partial charge in [-0.2, -0.15) is 0 Å². The summed E-state index contributed by atoms with van der Waals surface area (Å²) in [4.78, 5) is 13.0. The van der Waals surface area contributed by atoms with E-state index in [-0.39, 0.29) is 5.91 Å². The highest BCUT2D eigenvalue weighted by Crippen LogP contribution is 2.17. The second kappa shape index (κ2) is 2.56. The van der Waals surface area contributed by atoms with Gasteiger partial charge in [0.15, 0.2) is 5.69 Å². The number of fused-ring (bicyclic) bond motifs is 1. The third-order valence-corrected chi connectivity index (χ3v) is 1.79.